The molecule has 0 bridgehead atoms. The topological polar surface area (TPSA) is 66.5 Å². The highest BCUT2D eigenvalue weighted by molar-refractivity contribution is 9.10. The predicted octanol–water partition coefficient (Wildman–Crippen LogP) is 3.98. The average Bonchev–Trinajstić information content (AvgIpc) is 2.81. The predicted molar refractivity (Wildman–Crippen MR) is 103 cm³/mol. The van der Waals surface area contributed by atoms with Gasteiger partial charge in [-0.3, -0.25) is 19.3 Å². The molecule has 0 saturated heterocycles. The molecule has 0 saturated carbocycles. The van der Waals surface area contributed by atoms with Crippen LogP contribution in [0.5, 0.6) is 0 Å². The van der Waals surface area contributed by atoms with Gasteiger partial charge in [0.05, 0.1) is 16.8 Å². The van der Waals surface area contributed by atoms with E-state index in [1.165, 1.54) is 0 Å². The van der Waals surface area contributed by atoms with Crippen molar-refractivity contribution in [2.75, 3.05) is 11.9 Å². The molecular formula is C20H19BrN2O3. The van der Waals surface area contributed by atoms with E-state index in [4.69, 9.17) is 0 Å². The third kappa shape index (κ3) is 3.42. The fourth-order valence-electron chi connectivity index (χ4n) is 2.80. The highest BCUT2D eigenvalue weighted by Gasteiger charge is 2.36. The van der Waals surface area contributed by atoms with Gasteiger partial charge < -0.3 is 5.32 Å². The van der Waals surface area contributed by atoms with Crippen LogP contribution in [0, 0.1) is 0 Å². The van der Waals surface area contributed by atoms with Crippen LogP contribution in [0.15, 0.2) is 46.9 Å². The lowest BCUT2D eigenvalue weighted by molar-refractivity contribution is -0.116. The number of carbonyl (C=O) groups is 3. The van der Waals surface area contributed by atoms with Gasteiger partial charge in [0.1, 0.15) is 6.54 Å². The second-order valence-corrected chi connectivity index (χ2v) is 8.09. The number of anilines is 1. The first kappa shape index (κ1) is 18.3. The number of rotatable bonds is 3. The maximum absolute atomic E-state index is 12.4. The van der Waals surface area contributed by atoms with E-state index >= 15 is 0 Å². The number of imide groups is 1. The molecule has 0 aromatic heterocycles. The van der Waals surface area contributed by atoms with Crippen molar-refractivity contribution < 1.29 is 14.4 Å². The van der Waals surface area contributed by atoms with E-state index in [1.807, 2.05) is 18.2 Å². The molecule has 2 aromatic carbocycles. The van der Waals surface area contributed by atoms with Gasteiger partial charge in [-0.25, -0.2) is 0 Å². The maximum atomic E-state index is 12.4. The van der Waals surface area contributed by atoms with E-state index in [2.05, 4.69) is 42.0 Å². The Labute approximate surface area is 160 Å². The van der Waals surface area contributed by atoms with E-state index in [0.29, 0.717) is 16.8 Å². The van der Waals surface area contributed by atoms with Gasteiger partial charge in [0.2, 0.25) is 5.91 Å². The first-order valence-corrected chi connectivity index (χ1v) is 9.03. The third-order valence-corrected chi connectivity index (χ3v) is 4.95. The number of fused-ring (bicyclic) bond motifs is 1. The summed E-state index contributed by atoms with van der Waals surface area (Å²) in [7, 11) is 0. The molecule has 0 spiro atoms. The molecular weight excluding hydrogens is 396 g/mol. The second-order valence-electron chi connectivity index (χ2n) is 7.23. The summed E-state index contributed by atoms with van der Waals surface area (Å²) in [5, 5.41) is 2.75. The largest absolute Gasteiger partial charge is 0.324 e. The Kier molecular flexibility index (Phi) is 4.71. The number of nitrogens with one attached hydrogen (secondary N) is 1. The molecule has 1 N–H and O–H groups in total. The molecule has 1 heterocycles. The van der Waals surface area contributed by atoms with Crippen LogP contribution in [0.3, 0.4) is 0 Å². The molecule has 3 amide bonds. The van der Waals surface area contributed by atoms with Gasteiger partial charge >= 0.3 is 0 Å². The standard InChI is InChI=1S/C20H19BrN2O3/c1-20(2,3)12-8-9-16(15(21)10-12)22-17(24)11-23-18(25)13-6-4-5-7-14(13)19(23)26/h4-10H,11H2,1-3H3,(H,22,24). The molecule has 1 aliphatic heterocycles. The van der Waals surface area contributed by atoms with Crippen molar-refractivity contribution in [3.63, 3.8) is 0 Å². The van der Waals surface area contributed by atoms with E-state index < -0.39 is 17.7 Å². The van der Waals surface area contributed by atoms with Crippen molar-refractivity contribution in [3.8, 4) is 0 Å². The van der Waals surface area contributed by atoms with Crippen molar-refractivity contribution in [1.82, 2.24) is 4.90 Å². The summed E-state index contributed by atoms with van der Waals surface area (Å²) < 4.78 is 0.751. The van der Waals surface area contributed by atoms with E-state index in [-0.39, 0.29) is 12.0 Å². The van der Waals surface area contributed by atoms with E-state index in [1.54, 1.807) is 24.3 Å². The Balaban J connectivity index is 1.73. The van der Waals surface area contributed by atoms with Gasteiger partial charge in [-0.2, -0.15) is 0 Å². The number of hydrogen-bond acceptors (Lipinski definition) is 3. The van der Waals surface area contributed by atoms with Gasteiger partial charge in [-0.1, -0.05) is 39.0 Å². The zero-order valence-corrected chi connectivity index (χ0v) is 16.4. The van der Waals surface area contributed by atoms with Crippen molar-refractivity contribution >= 4 is 39.3 Å². The Morgan fingerprint density at radius 1 is 1.04 bits per heavy atom. The molecule has 134 valence electrons. The van der Waals surface area contributed by atoms with Gasteiger partial charge in [-0.15, -0.1) is 0 Å². The summed E-state index contributed by atoms with van der Waals surface area (Å²) in [4.78, 5) is 38.0. The Morgan fingerprint density at radius 3 is 2.12 bits per heavy atom. The molecule has 1 aliphatic rings. The van der Waals surface area contributed by atoms with Crippen LogP contribution < -0.4 is 5.32 Å². The molecule has 2 aromatic rings. The molecule has 0 atom stereocenters. The summed E-state index contributed by atoms with van der Waals surface area (Å²) in [5.74, 6) is -1.31. The molecule has 0 aliphatic carbocycles. The molecule has 5 nitrogen and oxygen atoms in total. The maximum Gasteiger partial charge on any atom is 0.262 e. The fourth-order valence-corrected chi connectivity index (χ4v) is 3.28. The third-order valence-electron chi connectivity index (χ3n) is 4.29. The van der Waals surface area contributed by atoms with Crippen LogP contribution in [0.2, 0.25) is 0 Å². The van der Waals surface area contributed by atoms with Crippen LogP contribution >= 0.6 is 15.9 Å². The van der Waals surface area contributed by atoms with Crippen molar-refractivity contribution in [2.45, 2.75) is 26.2 Å². The summed E-state index contributed by atoms with van der Waals surface area (Å²) in [5.41, 5.74) is 2.38. The van der Waals surface area contributed by atoms with Crippen LogP contribution in [-0.4, -0.2) is 29.2 Å². The Hall–Kier alpha value is -2.47. The van der Waals surface area contributed by atoms with Gasteiger partial charge in [-0.05, 0) is 51.2 Å². The minimum absolute atomic E-state index is 0.00871. The number of hydrogen-bond donors (Lipinski definition) is 1. The zero-order chi connectivity index (χ0) is 19.1. The first-order chi connectivity index (χ1) is 12.2. The summed E-state index contributed by atoms with van der Waals surface area (Å²) in [6.07, 6.45) is 0. The van der Waals surface area contributed by atoms with Crippen molar-refractivity contribution in [3.05, 3.63) is 63.6 Å². The minimum atomic E-state index is -0.442. The SMILES string of the molecule is CC(C)(C)c1ccc(NC(=O)CN2C(=O)c3ccccc3C2=O)c(Br)c1. The molecule has 3 rings (SSSR count). The summed E-state index contributed by atoms with van der Waals surface area (Å²) in [6.45, 7) is 6.00. The Morgan fingerprint density at radius 2 is 1.62 bits per heavy atom. The van der Waals surface area contributed by atoms with Crippen LogP contribution in [-0.2, 0) is 10.2 Å². The van der Waals surface area contributed by atoms with Crippen LogP contribution in [0.4, 0.5) is 5.69 Å². The zero-order valence-electron chi connectivity index (χ0n) is 14.8. The number of carbonyl (C=O) groups excluding carboxylic acids is 3. The lowest BCUT2D eigenvalue weighted by atomic mass is 9.87. The van der Waals surface area contributed by atoms with Crippen LogP contribution in [0.25, 0.3) is 0 Å². The van der Waals surface area contributed by atoms with E-state index in [0.717, 1.165) is 14.9 Å². The van der Waals surface area contributed by atoms with E-state index in [9.17, 15) is 14.4 Å². The van der Waals surface area contributed by atoms with Gasteiger partial charge in [0, 0.05) is 4.47 Å². The van der Waals surface area contributed by atoms with Crippen LogP contribution in [0.1, 0.15) is 47.1 Å². The molecule has 0 radical (unpaired) electrons. The monoisotopic (exact) mass is 414 g/mol. The molecule has 0 unspecified atom stereocenters. The fraction of sp³-hybridized carbons (Fsp3) is 0.250. The molecule has 0 fully saturated rings. The number of amides is 3. The number of halogens is 1. The highest BCUT2D eigenvalue weighted by Crippen LogP contribution is 2.30. The van der Waals surface area contributed by atoms with Gasteiger partial charge in [0.15, 0.2) is 0 Å². The average molecular weight is 415 g/mol. The number of benzene rings is 2. The highest BCUT2D eigenvalue weighted by atomic mass is 79.9. The normalized spacial score (nSPS) is 13.8. The minimum Gasteiger partial charge on any atom is -0.324 e. The smallest absolute Gasteiger partial charge is 0.262 e. The first-order valence-electron chi connectivity index (χ1n) is 8.23. The van der Waals surface area contributed by atoms with Crippen molar-refractivity contribution in [2.24, 2.45) is 0 Å². The molecule has 26 heavy (non-hydrogen) atoms. The summed E-state index contributed by atoms with van der Waals surface area (Å²) in [6, 6.07) is 12.3. The number of nitrogens with zero attached hydrogens (tertiary/aromatic N) is 1. The molecule has 6 heteroatoms. The quantitative estimate of drug-likeness (QED) is 0.772. The van der Waals surface area contributed by atoms with Gasteiger partial charge in [0.25, 0.3) is 11.8 Å². The second kappa shape index (κ2) is 6.68. The summed E-state index contributed by atoms with van der Waals surface area (Å²) >= 11 is 3.47. The van der Waals surface area contributed by atoms with Crippen molar-refractivity contribution in [1.29, 1.82) is 0 Å². The lowest BCUT2D eigenvalue weighted by Gasteiger charge is -2.20. The Bertz CT molecular complexity index is 881. The lowest BCUT2D eigenvalue weighted by Crippen LogP contribution is -2.37.